The van der Waals surface area contributed by atoms with Crippen molar-refractivity contribution in [1.82, 2.24) is 24.6 Å². The molecule has 4 aromatic rings. The molecular formula is C29H34N8O. The molecule has 0 bridgehead atoms. The van der Waals surface area contributed by atoms with E-state index >= 15 is 0 Å². The van der Waals surface area contributed by atoms with E-state index < -0.39 is 0 Å². The number of carbonyl (C=O) groups is 1. The number of amides is 1. The molecule has 196 valence electrons. The molecule has 9 heteroatoms. The van der Waals surface area contributed by atoms with Crippen molar-refractivity contribution < 1.29 is 4.79 Å². The van der Waals surface area contributed by atoms with Crippen LogP contribution in [0.1, 0.15) is 36.5 Å². The maximum absolute atomic E-state index is 13.4. The summed E-state index contributed by atoms with van der Waals surface area (Å²) in [7, 11) is 0. The molecule has 2 aromatic heterocycles. The Morgan fingerprint density at radius 1 is 0.895 bits per heavy atom. The monoisotopic (exact) mass is 510 g/mol. The molecule has 2 aliphatic rings. The summed E-state index contributed by atoms with van der Waals surface area (Å²) < 4.78 is 1.96. The van der Waals surface area contributed by atoms with Gasteiger partial charge in [0.2, 0.25) is 5.95 Å². The Balaban J connectivity index is 1.22. The number of nitrogens with one attached hydrogen (secondary N) is 1. The molecule has 2 aromatic carbocycles. The van der Waals surface area contributed by atoms with Gasteiger partial charge in [0.1, 0.15) is 5.82 Å². The number of hydrogen-bond acceptors (Lipinski definition) is 7. The lowest BCUT2D eigenvalue weighted by Crippen LogP contribution is -2.48. The number of rotatable bonds is 7. The molecular weight excluding hydrogens is 476 g/mol. The van der Waals surface area contributed by atoms with E-state index in [4.69, 9.17) is 9.97 Å². The molecule has 0 saturated carbocycles. The minimum absolute atomic E-state index is 0.0581. The first-order valence-corrected chi connectivity index (χ1v) is 13.6. The SMILES string of the molecule is CCCn1ncc2c(Nc3cccc(C(=O)N4CCN(c5ccccc5)CC4)c3)nc(N3CCCC3)nc21. The van der Waals surface area contributed by atoms with Crippen LogP contribution in [0.15, 0.2) is 60.8 Å². The quantitative estimate of drug-likeness (QED) is 0.391. The van der Waals surface area contributed by atoms with Gasteiger partial charge in [-0.15, -0.1) is 0 Å². The van der Waals surface area contributed by atoms with Gasteiger partial charge in [-0.3, -0.25) is 4.79 Å². The van der Waals surface area contributed by atoms with Gasteiger partial charge in [-0.1, -0.05) is 31.2 Å². The van der Waals surface area contributed by atoms with E-state index in [-0.39, 0.29) is 5.91 Å². The Morgan fingerprint density at radius 3 is 2.45 bits per heavy atom. The van der Waals surface area contributed by atoms with Crippen LogP contribution in [-0.2, 0) is 6.54 Å². The van der Waals surface area contributed by atoms with Crippen LogP contribution in [0, 0.1) is 0 Å². The van der Waals surface area contributed by atoms with Crippen LogP contribution in [0.25, 0.3) is 11.0 Å². The predicted molar refractivity (Wildman–Crippen MR) is 151 cm³/mol. The average molecular weight is 511 g/mol. The fourth-order valence-corrected chi connectivity index (χ4v) is 5.33. The topological polar surface area (TPSA) is 82.4 Å². The van der Waals surface area contributed by atoms with Crippen molar-refractivity contribution in [3.63, 3.8) is 0 Å². The fourth-order valence-electron chi connectivity index (χ4n) is 5.33. The highest BCUT2D eigenvalue weighted by molar-refractivity contribution is 5.96. The molecule has 1 amide bonds. The smallest absolute Gasteiger partial charge is 0.254 e. The van der Waals surface area contributed by atoms with E-state index in [1.165, 1.54) is 5.69 Å². The molecule has 2 saturated heterocycles. The highest BCUT2D eigenvalue weighted by Crippen LogP contribution is 2.28. The molecule has 4 heterocycles. The van der Waals surface area contributed by atoms with E-state index in [0.29, 0.717) is 18.7 Å². The lowest BCUT2D eigenvalue weighted by molar-refractivity contribution is 0.0747. The zero-order valence-electron chi connectivity index (χ0n) is 21.9. The number of fused-ring (bicyclic) bond motifs is 1. The Labute approximate surface area is 223 Å². The summed E-state index contributed by atoms with van der Waals surface area (Å²) in [5, 5.41) is 8.95. The molecule has 0 atom stereocenters. The zero-order chi connectivity index (χ0) is 25.9. The summed E-state index contributed by atoms with van der Waals surface area (Å²) in [4.78, 5) is 29.7. The maximum Gasteiger partial charge on any atom is 0.254 e. The van der Waals surface area contributed by atoms with Crippen LogP contribution in [0.3, 0.4) is 0 Å². The number of nitrogens with zero attached hydrogens (tertiary/aromatic N) is 7. The van der Waals surface area contributed by atoms with Gasteiger partial charge in [0, 0.05) is 62.8 Å². The van der Waals surface area contributed by atoms with Crippen molar-refractivity contribution in [1.29, 1.82) is 0 Å². The molecule has 0 unspecified atom stereocenters. The number of anilines is 4. The molecule has 2 aliphatic heterocycles. The first-order chi connectivity index (χ1) is 18.7. The van der Waals surface area contributed by atoms with Gasteiger partial charge >= 0.3 is 0 Å². The summed E-state index contributed by atoms with van der Waals surface area (Å²) in [5.74, 6) is 1.52. The van der Waals surface area contributed by atoms with Crippen molar-refractivity contribution in [2.75, 3.05) is 54.4 Å². The Bertz CT molecular complexity index is 1400. The predicted octanol–water partition coefficient (Wildman–Crippen LogP) is 4.54. The van der Waals surface area contributed by atoms with Crippen molar-refractivity contribution in [2.24, 2.45) is 0 Å². The third-order valence-corrected chi connectivity index (χ3v) is 7.37. The van der Waals surface area contributed by atoms with Crippen LogP contribution in [-0.4, -0.2) is 69.8 Å². The van der Waals surface area contributed by atoms with E-state index in [2.05, 4.69) is 51.4 Å². The molecule has 0 spiro atoms. The van der Waals surface area contributed by atoms with E-state index in [1.54, 1.807) is 0 Å². The summed E-state index contributed by atoms with van der Waals surface area (Å²) >= 11 is 0. The summed E-state index contributed by atoms with van der Waals surface area (Å²) in [6, 6.07) is 18.1. The number of piperazine rings is 1. The third kappa shape index (κ3) is 4.88. The highest BCUT2D eigenvalue weighted by atomic mass is 16.2. The number of para-hydroxylation sites is 1. The van der Waals surface area contributed by atoms with E-state index in [0.717, 1.165) is 80.5 Å². The van der Waals surface area contributed by atoms with Crippen LogP contribution in [0.4, 0.5) is 23.1 Å². The minimum Gasteiger partial charge on any atom is -0.368 e. The van der Waals surface area contributed by atoms with Crippen molar-refractivity contribution in [3.8, 4) is 0 Å². The van der Waals surface area contributed by atoms with Crippen LogP contribution in [0.2, 0.25) is 0 Å². The largest absolute Gasteiger partial charge is 0.368 e. The minimum atomic E-state index is 0.0581. The lowest BCUT2D eigenvalue weighted by atomic mass is 10.1. The Kier molecular flexibility index (Phi) is 6.81. The van der Waals surface area contributed by atoms with Gasteiger partial charge in [-0.05, 0) is 49.6 Å². The molecule has 0 radical (unpaired) electrons. The number of benzene rings is 2. The summed E-state index contributed by atoms with van der Waals surface area (Å²) in [6.45, 7) is 7.94. The van der Waals surface area contributed by atoms with Gasteiger partial charge in [-0.2, -0.15) is 15.1 Å². The fraction of sp³-hybridized carbons (Fsp3) is 0.379. The second-order valence-corrected chi connectivity index (χ2v) is 9.99. The third-order valence-electron chi connectivity index (χ3n) is 7.37. The average Bonchev–Trinajstić information content (AvgIpc) is 3.65. The first kappa shape index (κ1) is 24.2. The molecule has 2 fully saturated rings. The highest BCUT2D eigenvalue weighted by Gasteiger charge is 2.23. The van der Waals surface area contributed by atoms with Gasteiger partial charge in [0.25, 0.3) is 5.91 Å². The second-order valence-electron chi connectivity index (χ2n) is 9.99. The first-order valence-electron chi connectivity index (χ1n) is 13.6. The number of aromatic nitrogens is 4. The Hall–Kier alpha value is -4.14. The Morgan fingerprint density at radius 2 is 1.68 bits per heavy atom. The zero-order valence-corrected chi connectivity index (χ0v) is 21.9. The van der Waals surface area contributed by atoms with Gasteiger partial charge in [0.05, 0.1) is 11.6 Å². The number of carbonyl (C=O) groups excluding carboxylic acids is 1. The molecule has 9 nitrogen and oxygen atoms in total. The van der Waals surface area contributed by atoms with Gasteiger partial charge in [0.15, 0.2) is 5.65 Å². The summed E-state index contributed by atoms with van der Waals surface area (Å²) in [6.07, 6.45) is 5.12. The van der Waals surface area contributed by atoms with Crippen molar-refractivity contribution in [3.05, 3.63) is 66.4 Å². The number of aryl methyl sites for hydroxylation is 1. The van der Waals surface area contributed by atoms with Gasteiger partial charge in [-0.25, -0.2) is 4.68 Å². The number of hydrogen-bond donors (Lipinski definition) is 1. The molecule has 1 N–H and O–H groups in total. The van der Waals surface area contributed by atoms with Crippen molar-refractivity contribution >= 4 is 40.1 Å². The summed E-state index contributed by atoms with van der Waals surface area (Å²) in [5.41, 5.74) is 3.55. The molecule has 6 rings (SSSR count). The van der Waals surface area contributed by atoms with Crippen LogP contribution < -0.4 is 15.1 Å². The van der Waals surface area contributed by atoms with E-state index in [9.17, 15) is 4.79 Å². The standard InChI is InChI=1S/C29H34N8O/c1-2-13-37-27-25(21-30-37)26(32-29(33-27)36-14-6-7-15-36)31-23-10-8-9-22(20-23)28(38)35-18-16-34(17-19-35)24-11-4-3-5-12-24/h3-5,8-12,20-21H,2,6-7,13-19H2,1H3,(H,31,32,33). The van der Waals surface area contributed by atoms with Crippen LogP contribution >= 0.6 is 0 Å². The van der Waals surface area contributed by atoms with Crippen molar-refractivity contribution in [2.45, 2.75) is 32.7 Å². The maximum atomic E-state index is 13.4. The molecule has 0 aliphatic carbocycles. The molecule has 38 heavy (non-hydrogen) atoms. The normalized spacial score (nSPS) is 15.9. The van der Waals surface area contributed by atoms with E-state index in [1.807, 2.05) is 46.1 Å². The van der Waals surface area contributed by atoms with Gasteiger partial charge < -0.3 is 20.0 Å². The van der Waals surface area contributed by atoms with Crippen LogP contribution in [0.5, 0.6) is 0 Å². The second kappa shape index (κ2) is 10.7. The lowest BCUT2D eigenvalue weighted by Gasteiger charge is -2.36.